The van der Waals surface area contributed by atoms with Crippen LogP contribution < -0.4 is 5.32 Å². The van der Waals surface area contributed by atoms with Gasteiger partial charge in [-0.3, -0.25) is 4.79 Å². The molecule has 1 aliphatic rings. The van der Waals surface area contributed by atoms with Gasteiger partial charge >= 0.3 is 5.97 Å². The summed E-state index contributed by atoms with van der Waals surface area (Å²) in [5.41, 5.74) is -0.437. The van der Waals surface area contributed by atoms with E-state index in [1.54, 1.807) is 12.4 Å². The van der Waals surface area contributed by atoms with Gasteiger partial charge < -0.3 is 15.0 Å². The quantitative estimate of drug-likeness (QED) is 0.755. The molecule has 1 aromatic rings. The number of imidazole rings is 1. The number of aromatic nitrogens is 2. The van der Waals surface area contributed by atoms with Crippen LogP contribution in [-0.2, 0) is 9.53 Å². The topological polar surface area (TPSA) is 67.0 Å². The largest absolute Gasteiger partial charge is 0.460 e. The van der Waals surface area contributed by atoms with Gasteiger partial charge in [-0.25, -0.2) is 4.98 Å². The summed E-state index contributed by atoms with van der Waals surface area (Å²) in [6.07, 6.45) is 3.49. The maximum Gasteiger partial charge on any atom is 0.311 e. The standard InChI is InChI=1S/C12H19N3O2/c1-12(2,3)17-11(16)9-7-13-6-8(9)10-14-4-5-15-10/h4-5,8-9,13H,6-7H2,1-3H3,(H,14,15). The Hall–Kier alpha value is -1.36. The summed E-state index contributed by atoms with van der Waals surface area (Å²) in [5, 5.41) is 3.22. The van der Waals surface area contributed by atoms with Gasteiger partial charge in [-0.05, 0) is 20.8 Å². The highest BCUT2D eigenvalue weighted by Crippen LogP contribution is 2.27. The summed E-state index contributed by atoms with van der Waals surface area (Å²) in [4.78, 5) is 19.4. The molecule has 0 aromatic carbocycles. The van der Waals surface area contributed by atoms with Crippen LogP contribution in [0.1, 0.15) is 32.5 Å². The highest BCUT2D eigenvalue weighted by Gasteiger charge is 2.38. The molecule has 1 aliphatic heterocycles. The smallest absolute Gasteiger partial charge is 0.311 e. The van der Waals surface area contributed by atoms with Crippen molar-refractivity contribution in [1.29, 1.82) is 0 Å². The second-order valence-electron chi connectivity index (χ2n) is 5.38. The van der Waals surface area contributed by atoms with Crippen LogP contribution in [0.3, 0.4) is 0 Å². The van der Waals surface area contributed by atoms with Gasteiger partial charge in [-0.2, -0.15) is 0 Å². The van der Waals surface area contributed by atoms with E-state index >= 15 is 0 Å². The van der Waals surface area contributed by atoms with Crippen LogP contribution in [0.5, 0.6) is 0 Å². The molecule has 17 heavy (non-hydrogen) atoms. The summed E-state index contributed by atoms with van der Waals surface area (Å²) in [5.74, 6) is 0.634. The van der Waals surface area contributed by atoms with E-state index < -0.39 is 5.60 Å². The first-order chi connectivity index (χ1) is 7.97. The van der Waals surface area contributed by atoms with E-state index in [1.807, 2.05) is 20.8 Å². The van der Waals surface area contributed by atoms with Gasteiger partial charge in [0, 0.05) is 31.4 Å². The molecule has 94 valence electrons. The molecule has 2 atom stereocenters. The fourth-order valence-electron chi connectivity index (χ4n) is 2.07. The third kappa shape index (κ3) is 2.85. The van der Waals surface area contributed by atoms with Crippen LogP contribution in [0.25, 0.3) is 0 Å². The number of hydrogen-bond acceptors (Lipinski definition) is 4. The maximum atomic E-state index is 12.1. The predicted octanol–water partition coefficient (Wildman–Crippen LogP) is 1.05. The van der Waals surface area contributed by atoms with Crippen LogP contribution in [0.2, 0.25) is 0 Å². The second kappa shape index (κ2) is 4.49. The molecule has 0 radical (unpaired) electrons. The second-order valence-corrected chi connectivity index (χ2v) is 5.38. The Kier molecular flexibility index (Phi) is 3.19. The van der Waals surface area contributed by atoms with Gasteiger partial charge in [0.05, 0.1) is 5.92 Å². The lowest BCUT2D eigenvalue weighted by Crippen LogP contribution is -2.32. The van der Waals surface area contributed by atoms with Crippen LogP contribution in [-0.4, -0.2) is 34.6 Å². The summed E-state index contributed by atoms with van der Waals surface area (Å²) >= 11 is 0. The Morgan fingerprint density at radius 2 is 2.24 bits per heavy atom. The fourth-order valence-corrected chi connectivity index (χ4v) is 2.07. The first kappa shape index (κ1) is 12.1. The van der Waals surface area contributed by atoms with Crippen molar-refractivity contribution in [2.75, 3.05) is 13.1 Å². The predicted molar refractivity (Wildman–Crippen MR) is 63.5 cm³/mol. The number of ether oxygens (including phenoxy) is 1. The fraction of sp³-hybridized carbons (Fsp3) is 0.667. The molecule has 1 saturated heterocycles. The Balaban J connectivity index is 2.07. The molecule has 2 unspecified atom stereocenters. The van der Waals surface area contributed by atoms with E-state index in [4.69, 9.17) is 4.74 Å². The van der Waals surface area contributed by atoms with E-state index in [9.17, 15) is 4.79 Å². The van der Waals surface area contributed by atoms with Crippen molar-refractivity contribution in [3.63, 3.8) is 0 Å². The summed E-state index contributed by atoms with van der Waals surface area (Å²) < 4.78 is 5.43. The van der Waals surface area contributed by atoms with E-state index in [1.165, 1.54) is 0 Å². The van der Waals surface area contributed by atoms with Gasteiger partial charge in [0.2, 0.25) is 0 Å². The summed E-state index contributed by atoms with van der Waals surface area (Å²) in [6.45, 7) is 7.07. The van der Waals surface area contributed by atoms with Crippen molar-refractivity contribution >= 4 is 5.97 Å². The van der Waals surface area contributed by atoms with Gasteiger partial charge in [-0.15, -0.1) is 0 Å². The number of aromatic amines is 1. The van der Waals surface area contributed by atoms with Gasteiger partial charge in [0.15, 0.2) is 0 Å². The lowest BCUT2D eigenvalue weighted by atomic mass is 9.95. The average molecular weight is 237 g/mol. The van der Waals surface area contributed by atoms with Crippen molar-refractivity contribution in [1.82, 2.24) is 15.3 Å². The number of hydrogen-bond donors (Lipinski definition) is 2. The first-order valence-corrected chi connectivity index (χ1v) is 5.90. The van der Waals surface area contributed by atoms with Crippen LogP contribution >= 0.6 is 0 Å². The first-order valence-electron chi connectivity index (χ1n) is 5.90. The van der Waals surface area contributed by atoms with Crippen molar-refractivity contribution in [2.45, 2.75) is 32.3 Å². The van der Waals surface area contributed by atoms with Gasteiger partial charge in [-0.1, -0.05) is 0 Å². The number of H-pyrrole nitrogens is 1. The molecule has 2 heterocycles. The van der Waals surface area contributed by atoms with E-state index in [-0.39, 0.29) is 17.8 Å². The van der Waals surface area contributed by atoms with Crippen LogP contribution in [0, 0.1) is 5.92 Å². The minimum Gasteiger partial charge on any atom is -0.460 e. The molecular formula is C12H19N3O2. The molecule has 0 spiro atoms. The highest BCUT2D eigenvalue weighted by molar-refractivity contribution is 5.74. The average Bonchev–Trinajstić information content (AvgIpc) is 2.85. The van der Waals surface area contributed by atoms with Crippen molar-refractivity contribution in [3.8, 4) is 0 Å². The zero-order valence-electron chi connectivity index (χ0n) is 10.5. The number of esters is 1. The van der Waals surface area contributed by atoms with Crippen molar-refractivity contribution in [2.24, 2.45) is 5.92 Å². The normalized spacial score (nSPS) is 24.9. The molecule has 5 nitrogen and oxygen atoms in total. The monoisotopic (exact) mass is 237 g/mol. The summed E-state index contributed by atoms with van der Waals surface area (Å²) in [6, 6.07) is 0. The highest BCUT2D eigenvalue weighted by atomic mass is 16.6. The lowest BCUT2D eigenvalue weighted by molar-refractivity contribution is -0.159. The molecule has 1 aromatic heterocycles. The van der Waals surface area contributed by atoms with Crippen LogP contribution in [0.15, 0.2) is 12.4 Å². The van der Waals surface area contributed by atoms with Crippen LogP contribution in [0.4, 0.5) is 0 Å². The summed E-state index contributed by atoms with van der Waals surface area (Å²) in [7, 11) is 0. The van der Waals surface area contributed by atoms with Crippen molar-refractivity contribution < 1.29 is 9.53 Å². The molecule has 0 aliphatic carbocycles. The number of nitrogens with one attached hydrogen (secondary N) is 2. The molecule has 1 fully saturated rings. The Bertz CT molecular complexity index is 381. The Morgan fingerprint density at radius 3 is 2.82 bits per heavy atom. The molecule has 0 amide bonds. The molecule has 2 N–H and O–H groups in total. The Morgan fingerprint density at radius 1 is 1.47 bits per heavy atom. The maximum absolute atomic E-state index is 12.1. The Labute approximate surface area is 101 Å². The lowest BCUT2D eigenvalue weighted by Gasteiger charge is -2.23. The third-order valence-electron chi connectivity index (χ3n) is 2.79. The molecule has 2 rings (SSSR count). The number of rotatable bonds is 2. The number of carbonyl (C=O) groups is 1. The third-order valence-corrected chi connectivity index (χ3v) is 2.79. The minimum atomic E-state index is -0.437. The van der Waals surface area contributed by atoms with E-state index in [0.29, 0.717) is 6.54 Å². The van der Waals surface area contributed by atoms with Gasteiger partial charge in [0.25, 0.3) is 0 Å². The zero-order valence-corrected chi connectivity index (χ0v) is 10.5. The number of nitrogens with zero attached hydrogens (tertiary/aromatic N) is 1. The van der Waals surface area contributed by atoms with E-state index in [2.05, 4.69) is 15.3 Å². The van der Waals surface area contributed by atoms with Crippen molar-refractivity contribution in [3.05, 3.63) is 18.2 Å². The van der Waals surface area contributed by atoms with Gasteiger partial charge in [0.1, 0.15) is 11.4 Å². The molecule has 0 saturated carbocycles. The van der Waals surface area contributed by atoms with E-state index in [0.717, 1.165) is 12.4 Å². The molecule has 5 heteroatoms. The molecular weight excluding hydrogens is 218 g/mol. The minimum absolute atomic E-state index is 0.0832. The molecule has 0 bridgehead atoms. The SMILES string of the molecule is CC(C)(C)OC(=O)C1CNCC1c1ncc[nH]1. The number of carbonyl (C=O) groups excluding carboxylic acids is 1. The zero-order chi connectivity index (χ0) is 12.5.